The summed E-state index contributed by atoms with van der Waals surface area (Å²) in [5.74, 6) is 0. The van der Waals surface area contributed by atoms with E-state index < -0.39 is 8.07 Å². The summed E-state index contributed by atoms with van der Waals surface area (Å²) in [6.45, 7) is 6.97. The minimum Gasteiger partial charge on any atom is -0.266 e. The van der Waals surface area contributed by atoms with Crippen LogP contribution in [0.4, 0.5) is 0 Å². The lowest BCUT2D eigenvalue weighted by atomic mass is 10.2. The average molecular weight is 247 g/mol. The number of allylic oxidation sites excluding steroid dienone is 1. The molecule has 1 nitrogen and oxygen atoms in total. The van der Waals surface area contributed by atoms with Gasteiger partial charge in [0, 0.05) is 11.5 Å². The highest BCUT2D eigenvalue weighted by molar-refractivity contribution is 6.93. The quantitative estimate of drug-likeness (QED) is 0.523. The molecular formula is C15H25NSi. The lowest BCUT2D eigenvalue weighted by Gasteiger charge is -2.16. The normalized spacial score (nSPS) is 12.2. The first-order valence-electron chi connectivity index (χ1n) is 6.76. The topological polar surface area (TPSA) is 12.9 Å². The van der Waals surface area contributed by atoms with Gasteiger partial charge in [0.25, 0.3) is 0 Å². The van der Waals surface area contributed by atoms with Gasteiger partial charge in [-0.2, -0.15) is 0 Å². The summed E-state index contributed by atoms with van der Waals surface area (Å²) in [6.07, 6.45) is 10.9. The third kappa shape index (κ3) is 5.31. The molecule has 17 heavy (non-hydrogen) atoms. The van der Waals surface area contributed by atoms with E-state index in [2.05, 4.69) is 48.9 Å². The first-order chi connectivity index (χ1) is 8.17. The molecule has 0 amide bonds. The molecule has 0 aliphatic rings. The molecule has 0 bridgehead atoms. The second kappa shape index (κ2) is 7.44. The van der Waals surface area contributed by atoms with Crippen LogP contribution in [0.1, 0.15) is 39.0 Å². The highest BCUT2D eigenvalue weighted by atomic mass is 28.3. The van der Waals surface area contributed by atoms with Gasteiger partial charge < -0.3 is 0 Å². The molecule has 0 saturated heterocycles. The van der Waals surface area contributed by atoms with Crippen molar-refractivity contribution < 1.29 is 0 Å². The fourth-order valence-corrected chi connectivity index (χ4v) is 3.76. The maximum atomic E-state index is 4.49. The lowest BCUT2D eigenvalue weighted by Crippen LogP contribution is -2.41. The minimum absolute atomic E-state index is 1.23. The standard InChI is InChI=1S/C15H25NSi/c1-4-5-6-7-8-11-14-17(2,3)15-12-9-10-13-16-15/h9-14H,4-8H2,1-3H3/b14-11+. The highest BCUT2D eigenvalue weighted by Crippen LogP contribution is 2.07. The van der Waals surface area contributed by atoms with Crippen molar-refractivity contribution in [1.82, 2.24) is 4.98 Å². The Balaban J connectivity index is 2.41. The third-order valence-corrected chi connectivity index (χ3v) is 5.77. The maximum absolute atomic E-state index is 4.49. The van der Waals surface area contributed by atoms with E-state index in [1.165, 1.54) is 37.4 Å². The molecule has 0 radical (unpaired) electrons. The molecule has 1 heterocycles. The first-order valence-corrected chi connectivity index (χ1v) is 9.84. The smallest absolute Gasteiger partial charge is 0.127 e. The fraction of sp³-hybridized carbons (Fsp3) is 0.533. The summed E-state index contributed by atoms with van der Waals surface area (Å²) in [6, 6.07) is 6.24. The van der Waals surface area contributed by atoms with Crippen molar-refractivity contribution in [1.29, 1.82) is 0 Å². The van der Waals surface area contributed by atoms with Crippen LogP contribution >= 0.6 is 0 Å². The van der Waals surface area contributed by atoms with Crippen molar-refractivity contribution in [3.8, 4) is 0 Å². The SMILES string of the molecule is CCCCCC/C=C/[Si](C)(C)c1ccccn1. The summed E-state index contributed by atoms with van der Waals surface area (Å²) in [5, 5.41) is 1.28. The van der Waals surface area contributed by atoms with Gasteiger partial charge in [0.05, 0.1) is 0 Å². The molecular weight excluding hydrogens is 222 g/mol. The van der Waals surface area contributed by atoms with Gasteiger partial charge >= 0.3 is 0 Å². The van der Waals surface area contributed by atoms with Crippen molar-refractivity contribution in [3.05, 3.63) is 36.2 Å². The summed E-state index contributed by atoms with van der Waals surface area (Å²) in [4.78, 5) is 4.49. The number of pyridine rings is 1. The summed E-state index contributed by atoms with van der Waals surface area (Å²) in [7, 11) is -1.44. The van der Waals surface area contributed by atoms with Crippen LogP contribution in [0.25, 0.3) is 0 Å². The first kappa shape index (κ1) is 14.2. The van der Waals surface area contributed by atoms with Crippen LogP contribution < -0.4 is 5.32 Å². The molecule has 1 rings (SSSR count). The molecule has 0 unspecified atom stereocenters. The highest BCUT2D eigenvalue weighted by Gasteiger charge is 2.20. The van der Waals surface area contributed by atoms with Crippen LogP contribution in [0.5, 0.6) is 0 Å². The fourth-order valence-electron chi connectivity index (χ4n) is 1.90. The van der Waals surface area contributed by atoms with Crippen LogP contribution in [-0.2, 0) is 0 Å². The van der Waals surface area contributed by atoms with E-state index in [4.69, 9.17) is 0 Å². The molecule has 0 atom stereocenters. The minimum atomic E-state index is -1.44. The van der Waals surface area contributed by atoms with Gasteiger partial charge in [0.15, 0.2) is 0 Å². The monoisotopic (exact) mass is 247 g/mol. The van der Waals surface area contributed by atoms with E-state index >= 15 is 0 Å². The molecule has 0 aliphatic carbocycles. The number of hydrogen-bond donors (Lipinski definition) is 0. The van der Waals surface area contributed by atoms with E-state index in [0.717, 1.165) is 0 Å². The number of aromatic nitrogens is 1. The zero-order chi connectivity index (χ0) is 12.6. The number of unbranched alkanes of at least 4 members (excludes halogenated alkanes) is 4. The summed E-state index contributed by atoms with van der Waals surface area (Å²) in [5.41, 5.74) is 2.43. The van der Waals surface area contributed by atoms with Gasteiger partial charge in [-0.15, -0.1) is 0 Å². The second-order valence-corrected chi connectivity index (χ2v) is 9.48. The van der Waals surface area contributed by atoms with Crippen LogP contribution in [0.2, 0.25) is 13.1 Å². The van der Waals surface area contributed by atoms with Gasteiger partial charge in [-0.3, -0.25) is 4.98 Å². The predicted molar refractivity (Wildman–Crippen MR) is 79.3 cm³/mol. The van der Waals surface area contributed by atoms with Crippen molar-refractivity contribution in [2.24, 2.45) is 0 Å². The van der Waals surface area contributed by atoms with Crippen LogP contribution in [0, 0.1) is 0 Å². The van der Waals surface area contributed by atoms with E-state index in [-0.39, 0.29) is 0 Å². The summed E-state index contributed by atoms with van der Waals surface area (Å²) < 4.78 is 0. The van der Waals surface area contributed by atoms with E-state index in [1.54, 1.807) is 0 Å². The van der Waals surface area contributed by atoms with E-state index in [1.807, 2.05) is 12.3 Å². The zero-order valence-electron chi connectivity index (χ0n) is 11.4. The van der Waals surface area contributed by atoms with Gasteiger partial charge in [-0.1, -0.05) is 57.1 Å². The van der Waals surface area contributed by atoms with Crippen molar-refractivity contribution >= 4 is 13.4 Å². The lowest BCUT2D eigenvalue weighted by molar-refractivity contribution is 0.674. The predicted octanol–water partition coefficient (Wildman–Crippen LogP) is 4.06. The molecule has 0 aromatic carbocycles. The Morgan fingerprint density at radius 1 is 1.18 bits per heavy atom. The van der Waals surface area contributed by atoms with Crippen molar-refractivity contribution in [2.45, 2.75) is 52.1 Å². The van der Waals surface area contributed by atoms with Crippen LogP contribution in [0.15, 0.2) is 36.2 Å². The second-order valence-electron chi connectivity index (χ2n) is 5.19. The molecule has 0 fully saturated rings. The molecule has 0 aliphatic heterocycles. The zero-order valence-corrected chi connectivity index (χ0v) is 12.4. The Bertz CT molecular complexity index is 330. The van der Waals surface area contributed by atoms with Gasteiger partial charge in [0.2, 0.25) is 0 Å². The molecule has 0 saturated carbocycles. The number of nitrogens with zero attached hydrogens (tertiary/aromatic N) is 1. The van der Waals surface area contributed by atoms with E-state index in [9.17, 15) is 0 Å². The molecule has 1 aromatic rings. The van der Waals surface area contributed by atoms with Crippen molar-refractivity contribution in [3.63, 3.8) is 0 Å². The molecule has 94 valence electrons. The molecule has 2 heteroatoms. The third-order valence-electron chi connectivity index (χ3n) is 3.08. The van der Waals surface area contributed by atoms with Crippen LogP contribution in [0.3, 0.4) is 0 Å². The van der Waals surface area contributed by atoms with Gasteiger partial charge in [-0.05, 0) is 25.0 Å². The number of hydrogen-bond acceptors (Lipinski definition) is 1. The van der Waals surface area contributed by atoms with Gasteiger partial charge in [0.1, 0.15) is 8.07 Å². The average Bonchev–Trinajstić information content (AvgIpc) is 2.35. The molecule has 0 N–H and O–H groups in total. The molecule has 1 aromatic heterocycles. The number of rotatable bonds is 7. The maximum Gasteiger partial charge on any atom is 0.127 e. The summed E-state index contributed by atoms with van der Waals surface area (Å²) >= 11 is 0. The Kier molecular flexibility index (Phi) is 6.20. The van der Waals surface area contributed by atoms with E-state index in [0.29, 0.717) is 0 Å². The largest absolute Gasteiger partial charge is 0.266 e. The Hall–Kier alpha value is -0.893. The Morgan fingerprint density at radius 3 is 2.65 bits per heavy atom. The Labute approximate surface area is 107 Å². The van der Waals surface area contributed by atoms with Crippen molar-refractivity contribution in [2.75, 3.05) is 0 Å². The van der Waals surface area contributed by atoms with Gasteiger partial charge in [-0.25, -0.2) is 0 Å². The Morgan fingerprint density at radius 2 is 2.00 bits per heavy atom. The van der Waals surface area contributed by atoms with Crippen LogP contribution in [-0.4, -0.2) is 13.1 Å². The molecule has 0 spiro atoms.